The smallest absolute Gasteiger partial charge is 0.310 e. The van der Waals surface area contributed by atoms with Crippen LogP contribution >= 0.6 is 0 Å². The van der Waals surface area contributed by atoms with Gasteiger partial charge >= 0.3 is 11.9 Å². The Morgan fingerprint density at radius 1 is 0.950 bits per heavy atom. The van der Waals surface area contributed by atoms with Crippen molar-refractivity contribution in [2.45, 2.75) is 59.3 Å². The van der Waals surface area contributed by atoms with Gasteiger partial charge in [0.2, 0.25) is 0 Å². The van der Waals surface area contributed by atoms with E-state index in [1.54, 1.807) is 0 Å². The zero-order valence-electron chi connectivity index (χ0n) is 13.0. The molecule has 4 nitrogen and oxygen atoms in total. The zero-order valence-corrected chi connectivity index (χ0v) is 13.0. The molecular formula is C16H28O4. The maximum atomic E-state index is 12.3. The number of carbonyl (C=O) groups is 2. The maximum absolute atomic E-state index is 12.3. The molecule has 0 aliphatic heterocycles. The van der Waals surface area contributed by atoms with Gasteiger partial charge < -0.3 is 9.47 Å². The van der Waals surface area contributed by atoms with Crippen LogP contribution in [0.4, 0.5) is 0 Å². The first-order valence-corrected chi connectivity index (χ1v) is 7.95. The van der Waals surface area contributed by atoms with Crippen molar-refractivity contribution in [1.29, 1.82) is 0 Å². The van der Waals surface area contributed by atoms with Gasteiger partial charge in [-0.2, -0.15) is 0 Å². The first-order valence-electron chi connectivity index (χ1n) is 7.95. The highest BCUT2D eigenvalue weighted by atomic mass is 16.5. The van der Waals surface area contributed by atoms with Crippen LogP contribution in [0.5, 0.6) is 0 Å². The van der Waals surface area contributed by atoms with Crippen molar-refractivity contribution in [3.63, 3.8) is 0 Å². The van der Waals surface area contributed by atoms with Gasteiger partial charge in [-0.05, 0) is 31.6 Å². The molecule has 0 amide bonds. The second-order valence-corrected chi connectivity index (χ2v) is 5.73. The Hall–Kier alpha value is -1.06. The van der Waals surface area contributed by atoms with Crippen LogP contribution < -0.4 is 0 Å². The van der Waals surface area contributed by atoms with E-state index in [1.807, 2.05) is 20.8 Å². The van der Waals surface area contributed by atoms with Crippen LogP contribution in [0, 0.1) is 17.8 Å². The van der Waals surface area contributed by atoms with E-state index in [9.17, 15) is 9.59 Å². The highest BCUT2D eigenvalue weighted by molar-refractivity contribution is 5.82. The van der Waals surface area contributed by atoms with E-state index in [0.717, 1.165) is 38.5 Å². The Morgan fingerprint density at radius 3 is 2.10 bits per heavy atom. The van der Waals surface area contributed by atoms with Gasteiger partial charge in [-0.3, -0.25) is 9.59 Å². The number of carbonyl (C=O) groups excluding carboxylic acids is 2. The molecule has 20 heavy (non-hydrogen) atoms. The third-order valence-corrected chi connectivity index (χ3v) is 3.94. The standard InChI is InChI=1S/C16H28O4/c1-4-10-19-15(17)13-9-7-6-8-12(3)14(13)16(18)20-11-5-2/h12-14H,4-11H2,1-3H3. The van der Waals surface area contributed by atoms with Gasteiger partial charge in [0.25, 0.3) is 0 Å². The summed E-state index contributed by atoms with van der Waals surface area (Å²) < 4.78 is 10.6. The molecule has 1 fully saturated rings. The molecular weight excluding hydrogens is 256 g/mol. The summed E-state index contributed by atoms with van der Waals surface area (Å²) in [6, 6.07) is 0. The van der Waals surface area contributed by atoms with Crippen LogP contribution in [0.25, 0.3) is 0 Å². The lowest BCUT2D eigenvalue weighted by atomic mass is 9.81. The third kappa shape index (κ3) is 4.80. The molecule has 0 N–H and O–H groups in total. The molecule has 1 aliphatic carbocycles. The summed E-state index contributed by atoms with van der Waals surface area (Å²) in [5.41, 5.74) is 0. The van der Waals surface area contributed by atoms with E-state index >= 15 is 0 Å². The van der Waals surface area contributed by atoms with Crippen LogP contribution in [0.3, 0.4) is 0 Å². The molecule has 0 spiro atoms. The summed E-state index contributed by atoms with van der Waals surface area (Å²) in [4.78, 5) is 24.5. The van der Waals surface area contributed by atoms with Crippen LogP contribution in [-0.4, -0.2) is 25.2 Å². The van der Waals surface area contributed by atoms with Gasteiger partial charge in [0.1, 0.15) is 0 Å². The minimum atomic E-state index is -0.339. The summed E-state index contributed by atoms with van der Waals surface area (Å²) in [5.74, 6) is -0.934. The van der Waals surface area contributed by atoms with Crippen LogP contribution in [-0.2, 0) is 19.1 Å². The third-order valence-electron chi connectivity index (χ3n) is 3.94. The van der Waals surface area contributed by atoms with Crippen molar-refractivity contribution < 1.29 is 19.1 Å². The molecule has 3 unspecified atom stereocenters. The quantitative estimate of drug-likeness (QED) is 0.554. The Labute approximate surface area is 122 Å². The molecule has 3 atom stereocenters. The number of rotatable bonds is 6. The fourth-order valence-corrected chi connectivity index (χ4v) is 2.86. The van der Waals surface area contributed by atoms with Crippen LogP contribution in [0.2, 0.25) is 0 Å². The molecule has 0 heterocycles. The van der Waals surface area contributed by atoms with E-state index in [4.69, 9.17) is 9.47 Å². The summed E-state index contributed by atoms with van der Waals surface area (Å²) in [6.07, 6.45) is 5.36. The number of hydrogen-bond donors (Lipinski definition) is 0. The average Bonchev–Trinajstić information content (AvgIpc) is 2.63. The van der Waals surface area contributed by atoms with Gasteiger partial charge in [0, 0.05) is 0 Å². The highest BCUT2D eigenvalue weighted by Crippen LogP contribution is 2.35. The molecule has 0 bridgehead atoms. The zero-order chi connectivity index (χ0) is 15.0. The van der Waals surface area contributed by atoms with Crippen LogP contribution in [0.1, 0.15) is 59.3 Å². The molecule has 4 heteroatoms. The number of ether oxygens (including phenoxy) is 2. The molecule has 0 aromatic carbocycles. The Kier molecular flexibility index (Phi) is 7.63. The fraction of sp³-hybridized carbons (Fsp3) is 0.875. The molecule has 0 saturated heterocycles. The van der Waals surface area contributed by atoms with E-state index in [2.05, 4.69) is 0 Å². The Balaban J connectivity index is 2.78. The second kappa shape index (κ2) is 8.98. The average molecular weight is 284 g/mol. The monoisotopic (exact) mass is 284 g/mol. The largest absolute Gasteiger partial charge is 0.465 e. The Bertz CT molecular complexity index is 314. The molecule has 0 radical (unpaired) electrons. The number of esters is 2. The van der Waals surface area contributed by atoms with E-state index in [-0.39, 0.29) is 29.7 Å². The molecule has 1 saturated carbocycles. The number of hydrogen-bond acceptors (Lipinski definition) is 4. The van der Waals surface area contributed by atoms with Gasteiger partial charge in [-0.25, -0.2) is 0 Å². The molecule has 0 aromatic rings. The van der Waals surface area contributed by atoms with E-state index in [1.165, 1.54) is 0 Å². The summed E-state index contributed by atoms with van der Waals surface area (Å²) in [7, 11) is 0. The molecule has 1 aliphatic rings. The van der Waals surface area contributed by atoms with E-state index in [0.29, 0.717) is 13.2 Å². The normalized spacial score (nSPS) is 26.6. The lowest BCUT2D eigenvalue weighted by Gasteiger charge is -2.26. The predicted octanol–water partition coefficient (Wildman–Crippen LogP) is 3.34. The first-order chi connectivity index (χ1) is 9.61. The van der Waals surface area contributed by atoms with Gasteiger partial charge in [0.05, 0.1) is 25.0 Å². The fourth-order valence-electron chi connectivity index (χ4n) is 2.86. The lowest BCUT2D eigenvalue weighted by molar-refractivity contribution is -0.163. The van der Waals surface area contributed by atoms with Crippen molar-refractivity contribution in [1.82, 2.24) is 0 Å². The van der Waals surface area contributed by atoms with E-state index < -0.39 is 0 Å². The minimum Gasteiger partial charge on any atom is -0.465 e. The predicted molar refractivity (Wildman–Crippen MR) is 77.1 cm³/mol. The molecule has 116 valence electrons. The van der Waals surface area contributed by atoms with Gasteiger partial charge in [-0.1, -0.05) is 33.6 Å². The van der Waals surface area contributed by atoms with Crippen molar-refractivity contribution in [3.05, 3.63) is 0 Å². The summed E-state index contributed by atoms with van der Waals surface area (Å²) >= 11 is 0. The van der Waals surface area contributed by atoms with Crippen molar-refractivity contribution in [2.24, 2.45) is 17.8 Å². The molecule has 0 aromatic heterocycles. The van der Waals surface area contributed by atoms with Gasteiger partial charge in [-0.15, -0.1) is 0 Å². The van der Waals surface area contributed by atoms with Crippen molar-refractivity contribution in [2.75, 3.05) is 13.2 Å². The summed E-state index contributed by atoms with van der Waals surface area (Å²) in [5, 5.41) is 0. The Morgan fingerprint density at radius 2 is 1.50 bits per heavy atom. The molecule has 1 rings (SSSR count). The second-order valence-electron chi connectivity index (χ2n) is 5.73. The van der Waals surface area contributed by atoms with Crippen LogP contribution in [0.15, 0.2) is 0 Å². The minimum absolute atomic E-state index is 0.182. The lowest BCUT2D eigenvalue weighted by Crippen LogP contribution is -2.36. The summed E-state index contributed by atoms with van der Waals surface area (Å²) in [6.45, 7) is 6.84. The topological polar surface area (TPSA) is 52.6 Å². The van der Waals surface area contributed by atoms with Crippen molar-refractivity contribution in [3.8, 4) is 0 Å². The highest BCUT2D eigenvalue weighted by Gasteiger charge is 2.40. The first kappa shape index (κ1) is 17.0. The SMILES string of the molecule is CCCOC(=O)C1CCCCC(C)C1C(=O)OCCC. The van der Waals surface area contributed by atoms with Crippen molar-refractivity contribution >= 4 is 11.9 Å². The maximum Gasteiger partial charge on any atom is 0.310 e. The van der Waals surface area contributed by atoms with Gasteiger partial charge in [0.15, 0.2) is 0 Å².